The number of hydrogen-bond acceptors (Lipinski definition) is 5. The van der Waals surface area contributed by atoms with E-state index in [1.807, 2.05) is 19.1 Å². The predicted octanol–water partition coefficient (Wildman–Crippen LogP) is 2.20. The number of rotatable bonds is 8. The summed E-state index contributed by atoms with van der Waals surface area (Å²) in [5.74, 6) is 0.966. The summed E-state index contributed by atoms with van der Waals surface area (Å²) >= 11 is 0. The number of furan rings is 1. The lowest BCUT2D eigenvalue weighted by atomic mass is 10.1. The van der Waals surface area contributed by atoms with Crippen molar-refractivity contribution >= 4 is 15.7 Å². The highest BCUT2D eigenvalue weighted by Crippen LogP contribution is 2.17. The quantitative estimate of drug-likeness (QED) is 0.788. The van der Waals surface area contributed by atoms with E-state index in [1.54, 1.807) is 18.4 Å². The molecule has 7 heteroatoms. The number of amides is 1. The molecule has 1 aromatic heterocycles. The van der Waals surface area contributed by atoms with Crippen LogP contribution < -0.4 is 10.1 Å². The van der Waals surface area contributed by atoms with Crippen molar-refractivity contribution in [2.24, 2.45) is 0 Å². The number of carbonyl (C=O) groups is 1. The lowest BCUT2D eigenvalue weighted by molar-refractivity contribution is -0.123. The Morgan fingerprint density at radius 1 is 1.29 bits per heavy atom. The number of carbonyl (C=O) groups excluding carboxylic acids is 1. The number of sulfone groups is 1. The number of benzene rings is 1. The van der Waals surface area contributed by atoms with Gasteiger partial charge < -0.3 is 14.5 Å². The molecule has 24 heavy (non-hydrogen) atoms. The average Bonchev–Trinajstić information content (AvgIpc) is 3.04. The topological polar surface area (TPSA) is 85.6 Å². The molecule has 0 fully saturated rings. The van der Waals surface area contributed by atoms with Crippen LogP contribution in [0.15, 0.2) is 52.0 Å². The number of nitrogens with one attached hydrogen (secondary N) is 1. The molecule has 1 amide bonds. The van der Waals surface area contributed by atoms with Crippen molar-refractivity contribution in [3.05, 3.63) is 48.4 Å². The lowest BCUT2D eigenvalue weighted by Crippen LogP contribution is -2.36. The Morgan fingerprint density at radius 3 is 2.75 bits per heavy atom. The Labute approximate surface area is 141 Å². The molecule has 0 aliphatic heterocycles. The molecule has 2 rings (SSSR count). The Balaban J connectivity index is 1.78. The first kappa shape index (κ1) is 18.1. The maximum absolute atomic E-state index is 11.9. The van der Waals surface area contributed by atoms with E-state index in [1.165, 1.54) is 12.1 Å². The van der Waals surface area contributed by atoms with Crippen molar-refractivity contribution in [2.45, 2.75) is 30.7 Å². The minimum Gasteiger partial charge on any atom is -0.484 e. The van der Waals surface area contributed by atoms with Gasteiger partial charge in [-0.15, -0.1) is 0 Å². The molecular weight excluding hydrogens is 330 g/mol. The fourth-order valence-electron chi connectivity index (χ4n) is 2.15. The lowest BCUT2D eigenvalue weighted by Gasteiger charge is -2.14. The molecule has 1 atom stereocenters. The van der Waals surface area contributed by atoms with Gasteiger partial charge in [-0.2, -0.15) is 0 Å². The van der Waals surface area contributed by atoms with Crippen molar-refractivity contribution in [2.75, 3.05) is 12.9 Å². The monoisotopic (exact) mass is 351 g/mol. The third-order valence-corrected chi connectivity index (χ3v) is 4.53. The Kier molecular flexibility index (Phi) is 6.03. The number of aryl methyl sites for hydroxylation is 1. The van der Waals surface area contributed by atoms with E-state index in [-0.39, 0.29) is 23.5 Å². The highest BCUT2D eigenvalue weighted by atomic mass is 32.2. The Hall–Kier alpha value is -2.28. The summed E-state index contributed by atoms with van der Waals surface area (Å²) in [6, 6.07) is 9.79. The molecule has 6 nitrogen and oxygen atoms in total. The van der Waals surface area contributed by atoms with Crippen LogP contribution in [0.25, 0.3) is 0 Å². The highest BCUT2D eigenvalue weighted by molar-refractivity contribution is 7.90. The van der Waals surface area contributed by atoms with E-state index in [2.05, 4.69) is 5.32 Å². The first-order chi connectivity index (χ1) is 11.3. The summed E-state index contributed by atoms with van der Waals surface area (Å²) < 4.78 is 33.6. The maximum Gasteiger partial charge on any atom is 0.258 e. The van der Waals surface area contributed by atoms with Gasteiger partial charge in [-0.3, -0.25) is 4.79 Å². The third-order valence-electron chi connectivity index (χ3n) is 3.41. The molecule has 0 unspecified atom stereocenters. The fraction of sp³-hybridized carbons (Fsp3) is 0.353. The fourth-order valence-corrected chi connectivity index (χ4v) is 2.80. The van der Waals surface area contributed by atoms with Gasteiger partial charge in [0.1, 0.15) is 11.5 Å². The smallest absolute Gasteiger partial charge is 0.258 e. The normalized spacial score (nSPS) is 12.6. The molecule has 130 valence electrons. The van der Waals surface area contributed by atoms with Crippen molar-refractivity contribution in [1.82, 2.24) is 5.32 Å². The second kappa shape index (κ2) is 8.01. The van der Waals surface area contributed by atoms with Crippen LogP contribution in [-0.4, -0.2) is 33.2 Å². The van der Waals surface area contributed by atoms with E-state index in [4.69, 9.17) is 9.15 Å². The molecule has 0 radical (unpaired) electrons. The minimum absolute atomic E-state index is 0.0199. The molecule has 1 heterocycles. The summed E-state index contributed by atoms with van der Waals surface area (Å²) in [6.07, 6.45) is 4.24. The Morgan fingerprint density at radius 2 is 2.08 bits per heavy atom. The first-order valence-electron chi connectivity index (χ1n) is 7.59. The number of ether oxygens (including phenoxy) is 1. The minimum atomic E-state index is -3.30. The van der Waals surface area contributed by atoms with Crippen molar-refractivity contribution < 1.29 is 22.4 Å². The van der Waals surface area contributed by atoms with Gasteiger partial charge in [0.05, 0.1) is 11.2 Å². The van der Waals surface area contributed by atoms with Crippen LogP contribution in [0.3, 0.4) is 0 Å². The van der Waals surface area contributed by atoms with Crippen molar-refractivity contribution in [3.63, 3.8) is 0 Å². The van der Waals surface area contributed by atoms with Gasteiger partial charge in [0.2, 0.25) is 0 Å². The molecule has 0 spiro atoms. The van der Waals surface area contributed by atoms with Crippen molar-refractivity contribution in [1.29, 1.82) is 0 Å². The molecular formula is C17H21NO5S. The second-order valence-electron chi connectivity index (χ2n) is 5.62. The van der Waals surface area contributed by atoms with Crippen molar-refractivity contribution in [3.8, 4) is 5.75 Å². The predicted molar refractivity (Wildman–Crippen MR) is 89.7 cm³/mol. The molecule has 2 aromatic rings. The van der Waals surface area contributed by atoms with Crippen LogP contribution in [0.1, 0.15) is 19.1 Å². The van der Waals surface area contributed by atoms with Crippen LogP contribution in [0.4, 0.5) is 0 Å². The zero-order valence-corrected chi connectivity index (χ0v) is 14.5. The Bertz CT molecular complexity index is 768. The third kappa shape index (κ3) is 5.73. The molecule has 1 N–H and O–H groups in total. The van der Waals surface area contributed by atoms with Crippen LogP contribution in [0.2, 0.25) is 0 Å². The van der Waals surface area contributed by atoms with Gasteiger partial charge in [-0.25, -0.2) is 8.42 Å². The highest BCUT2D eigenvalue weighted by Gasteiger charge is 2.11. The van der Waals surface area contributed by atoms with Crippen LogP contribution in [0.5, 0.6) is 5.75 Å². The summed E-state index contributed by atoms with van der Waals surface area (Å²) in [6.45, 7) is 1.74. The molecule has 0 bridgehead atoms. The van der Waals surface area contributed by atoms with E-state index >= 15 is 0 Å². The van der Waals surface area contributed by atoms with Gasteiger partial charge in [0.25, 0.3) is 5.91 Å². The van der Waals surface area contributed by atoms with E-state index in [0.29, 0.717) is 5.75 Å². The summed E-state index contributed by atoms with van der Waals surface area (Å²) in [5.41, 5.74) is 0. The number of hydrogen-bond donors (Lipinski definition) is 1. The van der Waals surface area contributed by atoms with Gasteiger partial charge in [0, 0.05) is 18.7 Å². The van der Waals surface area contributed by atoms with Gasteiger partial charge >= 0.3 is 0 Å². The zero-order valence-electron chi connectivity index (χ0n) is 13.7. The molecule has 0 aliphatic rings. The van der Waals surface area contributed by atoms with Crippen LogP contribution in [-0.2, 0) is 21.1 Å². The van der Waals surface area contributed by atoms with Gasteiger partial charge in [-0.05, 0) is 43.7 Å². The summed E-state index contributed by atoms with van der Waals surface area (Å²) in [5, 5.41) is 2.83. The van der Waals surface area contributed by atoms with E-state index < -0.39 is 9.84 Å². The zero-order chi connectivity index (χ0) is 17.6. The molecule has 1 aromatic carbocycles. The summed E-state index contributed by atoms with van der Waals surface area (Å²) in [4.78, 5) is 12.1. The van der Waals surface area contributed by atoms with Crippen LogP contribution in [0, 0.1) is 0 Å². The SMILES string of the molecule is C[C@@H](CCc1ccco1)NC(=O)COc1cccc(S(C)(=O)=O)c1. The molecule has 0 saturated heterocycles. The molecule has 0 aliphatic carbocycles. The average molecular weight is 351 g/mol. The second-order valence-corrected chi connectivity index (χ2v) is 7.64. The van der Waals surface area contributed by atoms with E-state index in [0.717, 1.165) is 24.9 Å². The maximum atomic E-state index is 11.9. The van der Waals surface area contributed by atoms with E-state index in [9.17, 15) is 13.2 Å². The molecule has 0 saturated carbocycles. The standard InChI is InChI=1S/C17H21NO5S/c1-13(8-9-14-6-4-10-22-14)18-17(19)12-23-15-5-3-7-16(11-15)24(2,20)21/h3-7,10-11,13H,8-9,12H2,1-2H3,(H,18,19)/t13-/m0/s1. The summed E-state index contributed by atoms with van der Waals surface area (Å²) in [7, 11) is -3.30. The first-order valence-corrected chi connectivity index (χ1v) is 9.48. The van der Waals surface area contributed by atoms with Gasteiger partial charge in [0.15, 0.2) is 16.4 Å². The van der Waals surface area contributed by atoms with Crippen LogP contribution >= 0.6 is 0 Å². The largest absolute Gasteiger partial charge is 0.484 e. The van der Waals surface area contributed by atoms with Gasteiger partial charge in [-0.1, -0.05) is 6.07 Å².